The van der Waals surface area contributed by atoms with Gasteiger partial charge in [0, 0.05) is 44.8 Å². The molecule has 0 unspecified atom stereocenters. The van der Waals surface area contributed by atoms with E-state index in [0.717, 1.165) is 23.9 Å². The van der Waals surface area contributed by atoms with Gasteiger partial charge in [-0.05, 0) is 35.0 Å². The van der Waals surface area contributed by atoms with Crippen molar-refractivity contribution in [1.82, 2.24) is 34.7 Å². The second-order valence-corrected chi connectivity index (χ2v) is 8.57. The molecule has 1 saturated heterocycles. The monoisotopic (exact) mass is 484 g/mol. The van der Waals surface area contributed by atoms with Gasteiger partial charge < -0.3 is 15.0 Å². The van der Waals surface area contributed by atoms with Gasteiger partial charge in [-0.2, -0.15) is 13.2 Å². The topological polar surface area (TPSA) is 99.9 Å². The van der Waals surface area contributed by atoms with E-state index in [1.807, 2.05) is 0 Å². The van der Waals surface area contributed by atoms with Crippen LogP contribution in [0.15, 0.2) is 18.2 Å². The van der Waals surface area contributed by atoms with E-state index < -0.39 is 42.1 Å². The van der Waals surface area contributed by atoms with Gasteiger partial charge >= 0.3 is 6.18 Å². The molecule has 2 aliphatic rings. The summed E-state index contributed by atoms with van der Waals surface area (Å²) in [6.07, 6.45) is -8.54. The minimum atomic E-state index is -4.75. The summed E-state index contributed by atoms with van der Waals surface area (Å²) in [6, 6.07) is 0.458. The van der Waals surface area contributed by atoms with Crippen LogP contribution >= 0.6 is 0 Å². The molecule has 5 rings (SSSR count). The molecule has 2 aromatic heterocycles. The molecule has 0 aliphatic carbocycles. The highest BCUT2D eigenvalue weighted by molar-refractivity contribution is 5.46. The normalized spacial score (nSPS) is 25.6. The first kappa shape index (κ1) is 22.8. The van der Waals surface area contributed by atoms with E-state index in [4.69, 9.17) is 10.5 Å². The molecule has 182 valence electrons. The molecule has 4 heterocycles. The SMILES string of the molecule is Cn1nnnc1-c1nc2c(n1C)CN([C@@H]1C[C@H](N)[C@@H](c3cc(F)ccc3F)O[C@@H]1C(F)(F)F)C2. The summed E-state index contributed by atoms with van der Waals surface area (Å²) in [6.45, 7) is 0.317. The first-order chi connectivity index (χ1) is 16.0. The lowest BCUT2D eigenvalue weighted by Crippen LogP contribution is -2.58. The number of tetrazole rings is 1. The highest BCUT2D eigenvalue weighted by Crippen LogP contribution is 2.42. The molecule has 0 saturated carbocycles. The lowest BCUT2D eigenvalue weighted by Gasteiger charge is -2.44. The molecular formula is C20H21F5N8O. The third-order valence-corrected chi connectivity index (χ3v) is 6.42. The number of alkyl halides is 3. The van der Waals surface area contributed by atoms with Crippen molar-refractivity contribution < 1.29 is 26.7 Å². The molecule has 0 spiro atoms. The van der Waals surface area contributed by atoms with Gasteiger partial charge in [-0.25, -0.2) is 18.4 Å². The van der Waals surface area contributed by atoms with Crippen molar-refractivity contribution in [2.24, 2.45) is 19.8 Å². The van der Waals surface area contributed by atoms with Crippen LogP contribution in [-0.4, -0.2) is 59.0 Å². The molecular weight excluding hydrogens is 463 g/mol. The van der Waals surface area contributed by atoms with Gasteiger partial charge in [0.05, 0.1) is 11.4 Å². The Hall–Kier alpha value is -2.97. The van der Waals surface area contributed by atoms with Crippen molar-refractivity contribution in [2.45, 2.75) is 50.0 Å². The Labute approximate surface area is 190 Å². The number of hydrogen-bond acceptors (Lipinski definition) is 7. The van der Waals surface area contributed by atoms with E-state index in [9.17, 15) is 22.0 Å². The lowest BCUT2D eigenvalue weighted by molar-refractivity contribution is -0.269. The van der Waals surface area contributed by atoms with Gasteiger partial charge in [-0.15, -0.1) is 5.10 Å². The van der Waals surface area contributed by atoms with E-state index in [0.29, 0.717) is 17.3 Å². The van der Waals surface area contributed by atoms with Gasteiger partial charge in [-0.3, -0.25) is 4.90 Å². The average molecular weight is 484 g/mol. The Balaban J connectivity index is 1.42. The second kappa shape index (κ2) is 8.06. The minimum absolute atomic E-state index is 0.126. The number of ether oxygens (including phenoxy) is 1. The Morgan fingerprint density at radius 2 is 1.88 bits per heavy atom. The maximum Gasteiger partial charge on any atom is 0.416 e. The number of nitrogens with two attached hydrogens (primary N) is 1. The van der Waals surface area contributed by atoms with Gasteiger partial charge in [0.25, 0.3) is 0 Å². The molecule has 34 heavy (non-hydrogen) atoms. The number of fused-ring (bicyclic) bond motifs is 1. The molecule has 9 nitrogen and oxygen atoms in total. The van der Waals surface area contributed by atoms with Crippen molar-refractivity contribution in [1.29, 1.82) is 0 Å². The molecule has 14 heteroatoms. The number of nitrogens with zero attached hydrogens (tertiary/aromatic N) is 7. The van der Waals surface area contributed by atoms with Crippen molar-refractivity contribution in [3.8, 4) is 11.6 Å². The number of hydrogen-bond donors (Lipinski definition) is 1. The van der Waals surface area contributed by atoms with E-state index in [-0.39, 0.29) is 25.1 Å². The van der Waals surface area contributed by atoms with Gasteiger partial charge in [0.15, 0.2) is 11.9 Å². The average Bonchev–Trinajstić information content (AvgIpc) is 3.45. The van der Waals surface area contributed by atoms with Crippen LogP contribution in [0.2, 0.25) is 0 Å². The zero-order valence-corrected chi connectivity index (χ0v) is 18.2. The number of halogens is 5. The quantitative estimate of drug-likeness (QED) is 0.568. The maximum atomic E-state index is 14.3. The number of aromatic nitrogens is 6. The largest absolute Gasteiger partial charge is 0.416 e. The molecule has 3 aromatic rings. The van der Waals surface area contributed by atoms with Crippen molar-refractivity contribution in [2.75, 3.05) is 0 Å². The van der Waals surface area contributed by atoms with Crippen molar-refractivity contribution in [3.05, 3.63) is 46.8 Å². The summed E-state index contributed by atoms with van der Waals surface area (Å²) in [7, 11) is 3.40. The fraction of sp³-hybridized carbons (Fsp3) is 0.500. The van der Waals surface area contributed by atoms with Crippen LogP contribution in [0.3, 0.4) is 0 Å². The molecule has 2 N–H and O–H groups in total. The van der Waals surface area contributed by atoms with Crippen LogP contribution in [0.25, 0.3) is 11.6 Å². The molecule has 0 bridgehead atoms. The zero-order chi connectivity index (χ0) is 24.4. The third kappa shape index (κ3) is 3.75. The van der Waals surface area contributed by atoms with Crippen LogP contribution in [0.1, 0.15) is 29.5 Å². The standard InChI is InChI=1S/C20H21F5N8O/c1-31-15-8-33(7-13(15)27-18(31)19-28-29-30-32(19)2)14-6-12(26)16(34-17(14)20(23,24)25)10-5-9(21)3-4-11(10)22/h3-5,12,14,16-17H,6-8,26H2,1-2H3/t12-,14+,16+,17-/m0/s1. The summed E-state index contributed by atoms with van der Waals surface area (Å²) in [4.78, 5) is 6.15. The number of aryl methyl sites for hydroxylation is 1. The number of benzene rings is 1. The predicted molar refractivity (Wildman–Crippen MR) is 107 cm³/mol. The Morgan fingerprint density at radius 3 is 2.53 bits per heavy atom. The van der Waals surface area contributed by atoms with Gasteiger partial charge in [0.1, 0.15) is 17.7 Å². The zero-order valence-electron chi connectivity index (χ0n) is 18.2. The lowest BCUT2D eigenvalue weighted by atomic mass is 9.89. The fourth-order valence-corrected chi connectivity index (χ4v) is 4.75. The van der Waals surface area contributed by atoms with Crippen LogP contribution in [0.5, 0.6) is 0 Å². The van der Waals surface area contributed by atoms with E-state index in [1.54, 1.807) is 23.6 Å². The first-order valence-electron chi connectivity index (χ1n) is 10.5. The van der Waals surface area contributed by atoms with E-state index in [2.05, 4.69) is 20.5 Å². The molecule has 0 amide bonds. The maximum absolute atomic E-state index is 14.3. The molecule has 2 aliphatic heterocycles. The van der Waals surface area contributed by atoms with Crippen LogP contribution in [0.4, 0.5) is 22.0 Å². The Bertz CT molecular complexity index is 1220. The number of imidazole rings is 1. The highest BCUT2D eigenvalue weighted by Gasteiger charge is 2.54. The third-order valence-electron chi connectivity index (χ3n) is 6.42. The van der Waals surface area contributed by atoms with Crippen molar-refractivity contribution >= 4 is 0 Å². The minimum Gasteiger partial charge on any atom is -0.357 e. The first-order valence-corrected chi connectivity index (χ1v) is 10.5. The second-order valence-electron chi connectivity index (χ2n) is 8.57. The summed E-state index contributed by atoms with van der Waals surface area (Å²) in [5.74, 6) is -0.722. The fourth-order valence-electron chi connectivity index (χ4n) is 4.75. The predicted octanol–water partition coefficient (Wildman–Crippen LogP) is 1.99. The summed E-state index contributed by atoms with van der Waals surface area (Å²) < 4.78 is 78.7. The summed E-state index contributed by atoms with van der Waals surface area (Å²) >= 11 is 0. The van der Waals surface area contributed by atoms with E-state index in [1.165, 1.54) is 4.68 Å². The van der Waals surface area contributed by atoms with Crippen LogP contribution in [0, 0.1) is 11.6 Å². The van der Waals surface area contributed by atoms with Gasteiger partial charge in [0.2, 0.25) is 5.82 Å². The summed E-state index contributed by atoms with van der Waals surface area (Å²) in [5, 5.41) is 11.3. The molecule has 4 atom stereocenters. The Kier molecular flexibility index (Phi) is 5.41. The molecule has 1 aromatic carbocycles. The van der Waals surface area contributed by atoms with Crippen LogP contribution < -0.4 is 5.73 Å². The van der Waals surface area contributed by atoms with Gasteiger partial charge in [-0.1, -0.05) is 0 Å². The highest BCUT2D eigenvalue weighted by atomic mass is 19.4. The molecule has 0 radical (unpaired) electrons. The summed E-state index contributed by atoms with van der Waals surface area (Å²) in [5.41, 5.74) is 7.16. The van der Waals surface area contributed by atoms with Crippen molar-refractivity contribution in [3.63, 3.8) is 0 Å². The molecule has 1 fully saturated rings. The van der Waals surface area contributed by atoms with Crippen LogP contribution in [-0.2, 0) is 31.9 Å². The smallest absolute Gasteiger partial charge is 0.357 e. The Morgan fingerprint density at radius 1 is 1.12 bits per heavy atom. The van der Waals surface area contributed by atoms with E-state index >= 15 is 0 Å². The number of rotatable bonds is 3.